The van der Waals surface area contributed by atoms with Gasteiger partial charge < -0.3 is 14.2 Å². The predicted molar refractivity (Wildman–Crippen MR) is 59.8 cm³/mol. The SMILES string of the molecule is CC(C)C12COC(C3CCCC3)(OC1)OC2. The highest BCUT2D eigenvalue weighted by Crippen LogP contribution is 2.49. The Morgan fingerprint density at radius 1 is 0.938 bits per heavy atom. The minimum Gasteiger partial charge on any atom is -0.326 e. The summed E-state index contributed by atoms with van der Waals surface area (Å²) in [6, 6.07) is 0. The zero-order valence-electron chi connectivity index (χ0n) is 10.3. The molecule has 0 amide bonds. The lowest BCUT2D eigenvalue weighted by molar-refractivity contribution is -0.489. The van der Waals surface area contributed by atoms with E-state index in [1.54, 1.807) is 0 Å². The largest absolute Gasteiger partial charge is 0.326 e. The first-order valence-electron chi connectivity index (χ1n) is 6.59. The van der Waals surface area contributed by atoms with E-state index in [0.717, 1.165) is 19.8 Å². The van der Waals surface area contributed by atoms with Crippen LogP contribution in [-0.2, 0) is 14.2 Å². The van der Waals surface area contributed by atoms with Crippen molar-refractivity contribution >= 4 is 0 Å². The van der Waals surface area contributed by atoms with Crippen LogP contribution in [0.2, 0.25) is 0 Å². The van der Waals surface area contributed by atoms with Crippen LogP contribution in [0.1, 0.15) is 39.5 Å². The number of hydrogen-bond donors (Lipinski definition) is 0. The van der Waals surface area contributed by atoms with E-state index in [9.17, 15) is 0 Å². The van der Waals surface area contributed by atoms with Gasteiger partial charge >= 0.3 is 0 Å². The van der Waals surface area contributed by atoms with Crippen LogP contribution in [0.15, 0.2) is 0 Å². The summed E-state index contributed by atoms with van der Waals surface area (Å²) in [4.78, 5) is 0. The highest BCUT2D eigenvalue weighted by atomic mass is 16.9. The molecule has 0 radical (unpaired) electrons. The van der Waals surface area contributed by atoms with Crippen LogP contribution in [0.5, 0.6) is 0 Å². The van der Waals surface area contributed by atoms with Crippen LogP contribution in [-0.4, -0.2) is 25.8 Å². The molecule has 3 heteroatoms. The highest BCUT2D eigenvalue weighted by Gasteiger charge is 2.57. The van der Waals surface area contributed by atoms with Gasteiger partial charge in [-0.1, -0.05) is 26.7 Å². The van der Waals surface area contributed by atoms with Crippen LogP contribution in [0.25, 0.3) is 0 Å². The second kappa shape index (κ2) is 3.69. The number of ether oxygens (including phenoxy) is 3. The Hall–Kier alpha value is -0.120. The minimum atomic E-state index is -0.673. The standard InChI is InChI=1S/C13H22O3/c1-10(2)12-7-14-13(15-8-12,16-9-12)11-5-3-4-6-11/h10-11H,3-9H2,1-2H3. The second-order valence-corrected chi connectivity index (χ2v) is 5.97. The van der Waals surface area contributed by atoms with E-state index >= 15 is 0 Å². The monoisotopic (exact) mass is 226 g/mol. The Labute approximate surface area is 97.4 Å². The molecule has 4 fully saturated rings. The van der Waals surface area contributed by atoms with E-state index in [1.807, 2.05) is 0 Å². The van der Waals surface area contributed by atoms with Crippen LogP contribution >= 0.6 is 0 Å². The first-order valence-corrected chi connectivity index (χ1v) is 6.59. The van der Waals surface area contributed by atoms with Crippen molar-refractivity contribution < 1.29 is 14.2 Å². The summed E-state index contributed by atoms with van der Waals surface area (Å²) in [6.07, 6.45) is 4.96. The molecule has 0 aromatic rings. The lowest BCUT2D eigenvalue weighted by Crippen LogP contribution is -2.64. The van der Waals surface area contributed by atoms with Crippen LogP contribution in [0.4, 0.5) is 0 Å². The normalized spacial score (nSPS) is 44.4. The summed E-state index contributed by atoms with van der Waals surface area (Å²) >= 11 is 0. The first kappa shape index (κ1) is 11.0. The Morgan fingerprint density at radius 3 is 1.88 bits per heavy atom. The van der Waals surface area contributed by atoms with Gasteiger partial charge in [0.05, 0.1) is 19.8 Å². The summed E-state index contributed by atoms with van der Waals surface area (Å²) in [5.41, 5.74) is 0.0976. The van der Waals surface area contributed by atoms with E-state index < -0.39 is 5.97 Å². The van der Waals surface area contributed by atoms with Gasteiger partial charge in [0.2, 0.25) is 0 Å². The van der Waals surface area contributed by atoms with Crippen molar-refractivity contribution in [3.05, 3.63) is 0 Å². The summed E-state index contributed by atoms with van der Waals surface area (Å²) in [6.45, 7) is 6.87. The second-order valence-electron chi connectivity index (χ2n) is 5.97. The van der Waals surface area contributed by atoms with Crippen molar-refractivity contribution in [2.75, 3.05) is 19.8 Å². The van der Waals surface area contributed by atoms with Crippen molar-refractivity contribution in [3.8, 4) is 0 Å². The highest BCUT2D eigenvalue weighted by molar-refractivity contribution is 4.93. The van der Waals surface area contributed by atoms with E-state index in [0.29, 0.717) is 11.8 Å². The van der Waals surface area contributed by atoms with Gasteiger partial charge in [-0.25, -0.2) is 0 Å². The molecular weight excluding hydrogens is 204 g/mol. The molecule has 16 heavy (non-hydrogen) atoms. The molecule has 1 aliphatic carbocycles. The summed E-state index contributed by atoms with van der Waals surface area (Å²) in [7, 11) is 0. The van der Waals surface area contributed by atoms with Crippen LogP contribution < -0.4 is 0 Å². The molecule has 3 heterocycles. The fourth-order valence-electron chi connectivity index (χ4n) is 3.12. The fourth-order valence-corrected chi connectivity index (χ4v) is 3.12. The Kier molecular flexibility index (Phi) is 2.54. The Bertz CT molecular complexity index is 244. The minimum absolute atomic E-state index is 0.0976. The molecule has 0 aromatic carbocycles. The maximum Gasteiger partial charge on any atom is 0.285 e. The smallest absolute Gasteiger partial charge is 0.285 e. The third-order valence-corrected chi connectivity index (χ3v) is 4.76. The zero-order valence-corrected chi connectivity index (χ0v) is 10.3. The lowest BCUT2D eigenvalue weighted by Gasteiger charge is -2.55. The van der Waals surface area contributed by atoms with Gasteiger partial charge in [-0.05, 0) is 18.8 Å². The molecule has 0 spiro atoms. The molecule has 92 valence electrons. The maximum atomic E-state index is 5.97. The van der Waals surface area contributed by atoms with Crippen molar-refractivity contribution in [2.45, 2.75) is 45.5 Å². The van der Waals surface area contributed by atoms with Crippen LogP contribution in [0, 0.1) is 17.3 Å². The van der Waals surface area contributed by atoms with E-state index in [1.165, 1.54) is 25.7 Å². The molecule has 0 N–H and O–H groups in total. The van der Waals surface area contributed by atoms with Gasteiger partial charge in [0, 0.05) is 11.3 Å². The van der Waals surface area contributed by atoms with Gasteiger partial charge in [-0.3, -0.25) is 0 Å². The molecule has 4 rings (SSSR count). The molecule has 0 unspecified atom stereocenters. The van der Waals surface area contributed by atoms with Gasteiger partial charge in [0.15, 0.2) is 0 Å². The molecule has 0 aromatic heterocycles. The summed E-state index contributed by atoms with van der Waals surface area (Å²) < 4.78 is 17.9. The molecule has 1 saturated carbocycles. The summed E-state index contributed by atoms with van der Waals surface area (Å²) in [5, 5.41) is 0. The molecular formula is C13H22O3. The van der Waals surface area contributed by atoms with E-state index in [4.69, 9.17) is 14.2 Å². The van der Waals surface area contributed by atoms with Crippen molar-refractivity contribution in [1.29, 1.82) is 0 Å². The van der Waals surface area contributed by atoms with Crippen molar-refractivity contribution in [2.24, 2.45) is 17.3 Å². The zero-order chi connectivity index (χ0) is 11.2. The number of rotatable bonds is 2. The average molecular weight is 226 g/mol. The molecule has 3 nitrogen and oxygen atoms in total. The van der Waals surface area contributed by atoms with Gasteiger partial charge in [-0.15, -0.1) is 0 Å². The van der Waals surface area contributed by atoms with E-state index in [2.05, 4.69) is 13.8 Å². The predicted octanol–water partition coefficient (Wildman–Crippen LogP) is 2.55. The van der Waals surface area contributed by atoms with Gasteiger partial charge in [0.25, 0.3) is 5.97 Å². The van der Waals surface area contributed by atoms with E-state index in [-0.39, 0.29) is 5.41 Å². The third-order valence-electron chi connectivity index (χ3n) is 4.76. The number of hydrogen-bond acceptors (Lipinski definition) is 3. The quantitative estimate of drug-likeness (QED) is 0.724. The van der Waals surface area contributed by atoms with Crippen molar-refractivity contribution in [3.63, 3.8) is 0 Å². The Balaban J connectivity index is 1.75. The fraction of sp³-hybridized carbons (Fsp3) is 1.00. The first-order chi connectivity index (χ1) is 7.67. The topological polar surface area (TPSA) is 27.7 Å². The van der Waals surface area contributed by atoms with Crippen LogP contribution in [0.3, 0.4) is 0 Å². The Morgan fingerprint density at radius 2 is 1.44 bits per heavy atom. The lowest BCUT2D eigenvalue weighted by atomic mass is 9.77. The molecule has 4 aliphatic rings. The molecule has 3 aliphatic heterocycles. The summed E-state index contributed by atoms with van der Waals surface area (Å²) in [5.74, 6) is 0.333. The van der Waals surface area contributed by atoms with Gasteiger partial charge in [0.1, 0.15) is 0 Å². The molecule has 3 saturated heterocycles. The average Bonchev–Trinajstić information content (AvgIpc) is 2.85. The van der Waals surface area contributed by atoms with Gasteiger partial charge in [-0.2, -0.15) is 0 Å². The molecule has 0 atom stereocenters. The van der Waals surface area contributed by atoms with Crippen molar-refractivity contribution in [1.82, 2.24) is 0 Å². The maximum absolute atomic E-state index is 5.97. The molecule has 2 bridgehead atoms. The number of fused-ring (bicyclic) bond motifs is 3. The third kappa shape index (κ3) is 1.45.